The second-order valence-electron chi connectivity index (χ2n) is 5.01. The van der Waals surface area contributed by atoms with Crippen molar-refractivity contribution >= 4 is 10.9 Å². The quantitative estimate of drug-likeness (QED) is 0.529. The summed E-state index contributed by atoms with van der Waals surface area (Å²) < 4.78 is 0. The van der Waals surface area contributed by atoms with Gasteiger partial charge >= 0.3 is 0 Å². The zero-order valence-corrected chi connectivity index (χ0v) is 11.9. The highest BCUT2D eigenvalue weighted by Gasteiger charge is 2.00. The number of aromatic amines is 1. The summed E-state index contributed by atoms with van der Waals surface area (Å²) in [6, 6.07) is 6.75. The van der Waals surface area contributed by atoms with Crippen LogP contribution in [0.2, 0.25) is 0 Å². The van der Waals surface area contributed by atoms with E-state index in [0.29, 0.717) is 0 Å². The number of hydrogen-bond donors (Lipinski definition) is 1. The fraction of sp³-hybridized carbons (Fsp3) is 0.333. The summed E-state index contributed by atoms with van der Waals surface area (Å²) in [4.78, 5) is 3.29. The zero-order chi connectivity index (χ0) is 13.5. The predicted octanol–water partition coefficient (Wildman–Crippen LogP) is 5.32. The van der Waals surface area contributed by atoms with Crippen LogP contribution in [0.15, 0.2) is 48.7 Å². The second-order valence-corrected chi connectivity index (χ2v) is 5.01. The molecule has 2 rings (SSSR count). The van der Waals surface area contributed by atoms with Crippen LogP contribution in [0.1, 0.15) is 37.3 Å². The molecule has 19 heavy (non-hydrogen) atoms. The third-order valence-electron chi connectivity index (χ3n) is 3.41. The number of hydrogen-bond acceptors (Lipinski definition) is 0. The Balaban J connectivity index is 1.86. The summed E-state index contributed by atoms with van der Waals surface area (Å²) in [6.45, 7) is 4.31. The van der Waals surface area contributed by atoms with Gasteiger partial charge in [-0.15, -0.1) is 0 Å². The Hall–Kier alpha value is -1.76. The van der Waals surface area contributed by atoms with Crippen LogP contribution in [-0.2, 0) is 6.42 Å². The van der Waals surface area contributed by atoms with E-state index >= 15 is 0 Å². The fourth-order valence-electron chi connectivity index (χ4n) is 2.28. The molecule has 1 N–H and O–H groups in total. The van der Waals surface area contributed by atoms with Crippen LogP contribution in [0.3, 0.4) is 0 Å². The summed E-state index contributed by atoms with van der Waals surface area (Å²) in [6.07, 6.45) is 15.4. The number of nitrogens with one attached hydrogen (secondary N) is 1. The van der Waals surface area contributed by atoms with E-state index in [1.165, 1.54) is 28.5 Å². The minimum absolute atomic E-state index is 1.11. The van der Waals surface area contributed by atoms with Crippen LogP contribution in [0.4, 0.5) is 0 Å². The average Bonchev–Trinajstić information content (AvgIpc) is 2.79. The summed E-state index contributed by atoms with van der Waals surface area (Å²) in [5.74, 6) is 0. The maximum atomic E-state index is 3.29. The monoisotopic (exact) mass is 253 g/mol. The topological polar surface area (TPSA) is 15.8 Å². The number of fused-ring (bicyclic) bond motifs is 1. The molecule has 100 valence electrons. The molecule has 2 aromatic rings. The van der Waals surface area contributed by atoms with E-state index in [1.807, 2.05) is 0 Å². The lowest BCUT2D eigenvalue weighted by Gasteiger charge is -2.01. The fourth-order valence-corrected chi connectivity index (χ4v) is 2.28. The van der Waals surface area contributed by atoms with Crippen molar-refractivity contribution in [2.45, 2.75) is 39.5 Å². The van der Waals surface area contributed by atoms with Gasteiger partial charge in [-0.3, -0.25) is 0 Å². The first-order chi connectivity index (χ1) is 9.31. The molecule has 0 aliphatic heterocycles. The van der Waals surface area contributed by atoms with Crippen molar-refractivity contribution in [2.24, 2.45) is 0 Å². The Morgan fingerprint density at radius 2 is 2.00 bits per heavy atom. The number of aryl methyl sites for hydroxylation is 2. The first-order valence-corrected chi connectivity index (χ1v) is 7.19. The molecular formula is C18H23N. The molecule has 1 aromatic carbocycles. The van der Waals surface area contributed by atoms with Crippen molar-refractivity contribution in [1.29, 1.82) is 0 Å². The van der Waals surface area contributed by atoms with Gasteiger partial charge in [-0.25, -0.2) is 0 Å². The van der Waals surface area contributed by atoms with Crippen LogP contribution in [0.5, 0.6) is 0 Å². The molecule has 0 saturated heterocycles. The predicted molar refractivity (Wildman–Crippen MR) is 84.5 cm³/mol. The Kier molecular flexibility index (Phi) is 5.02. The minimum atomic E-state index is 1.11. The van der Waals surface area contributed by atoms with Crippen LogP contribution in [-0.4, -0.2) is 4.98 Å². The molecule has 0 bridgehead atoms. The Morgan fingerprint density at radius 1 is 1.16 bits per heavy atom. The highest BCUT2D eigenvalue weighted by atomic mass is 14.7. The van der Waals surface area contributed by atoms with Gasteiger partial charge in [0.1, 0.15) is 0 Å². The molecule has 1 aromatic heterocycles. The van der Waals surface area contributed by atoms with Gasteiger partial charge in [0.15, 0.2) is 0 Å². The Morgan fingerprint density at radius 3 is 2.84 bits per heavy atom. The van der Waals surface area contributed by atoms with Gasteiger partial charge in [-0.05, 0) is 55.9 Å². The number of allylic oxidation sites excluding steroid dienone is 4. The van der Waals surface area contributed by atoms with Crippen molar-refractivity contribution in [2.75, 3.05) is 0 Å². The van der Waals surface area contributed by atoms with Gasteiger partial charge in [0.2, 0.25) is 0 Å². The summed E-state index contributed by atoms with van der Waals surface area (Å²) in [5, 5.41) is 1.36. The van der Waals surface area contributed by atoms with Crippen molar-refractivity contribution in [3.05, 3.63) is 59.8 Å². The van der Waals surface area contributed by atoms with E-state index in [2.05, 4.69) is 67.5 Å². The summed E-state index contributed by atoms with van der Waals surface area (Å²) >= 11 is 0. The number of aromatic nitrogens is 1. The van der Waals surface area contributed by atoms with Gasteiger partial charge in [-0.1, -0.05) is 37.3 Å². The Bertz CT molecular complexity index is 572. The van der Waals surface area contributed by atoms with E-state index in [4.69, 9.17) is 0 Å². The van der Waals surface area contributed by atoms with E-state index in [1.54, 1.807) is 0 Å². The molecule has 0 radical (unpaired) electrons. The number of rotatable bonds is 6. The smallest absolute Gasteiger partial charge is 0.0456 e. The van der Waals surface area contributed by atoms with Crippen LogP contribution < -0.4 is 0 Å². The van der Waals surface area contributed by atoms with Crippen LogP contribution >= 0.6 is 0 Å². The normalized spacial score (nSPS) is 12.1. The molecule has 0 aliphatic rings. The van der Waals surface area contributed by atoms with Gasteiger partial charge in [0, 0.05) is 17.1 Å². The number of unbranched alkanes of at least 4 members (excludes halogenated alkanes) is 1. The maximum absolute atomic E-state index is 3.29. The maximum Gasteiger partial charge on any atom is 0.0456 e. The molecule has 0 aliphatic carbocycles. The third-order valence-corrected chi connectivity index (χ3v) is 3.41. The van der Waals surface area contributed by atoms with E-state index in [-0.39, 0.29) is 0 Å². The molecule has 0 amide bonds. The molecule has 0 spiro atoms. The van der Waals surface area contributed by atoms with Crippen molar-refractivity contribution in [3.8, 4) is 0 Å². The number of H-pyrrole nitrogens is 1. The van der Waals surface area contributed by atoms with E-state index in [0.717, 1.165) is 19.3 Å². The summed E-state index contributed by atoms with van der Waals surface area (Å²) in [5.41, 5.74) is 4.01. The molecule has 0 saturated carbocycles. The van der Waals surface area contributed by atoms with Gasteiger partial charge in [0.25, 0.3) is 0 Å². The van der Waals surface area contributed by atoms with Crippen molar-refractivity contribution < 1.29 is 0 Å². The van der Waals surface area contributed by atoms with Gasteiger partial charge in [-0.2, -0.15) is 0 Å². The van der Waals surface area contributed by atoms with Crippen LogP contribution in [0.25, 0.3) is 10.9 Å². The second kappa shape index (κ2) is 6.98. The summed E-state index contributed by atoms with van der Waals surface area (Å²) in [7, 11) is 0. The van der Waals surface area contributed by atoms with E-state index in [9.17, 15) is 0 Å². The van der Waals surface area contributed by atoms with Crippen LogP contribution in [0, 0.1) is 6.92 Å². The van der Waals surface area contributed by atoms with E-state index < -0.39 is 0 Å². The number of benzene rings is 1. The van der Waals surface area contributed by atoms with Gasteiger partial charge in [0.05, 0.1) is 0 Å². The highest BCUT2D eigenvalue weighted by Crippen LogP contribution is 2.19. The molecule has 1 nitrogen and oxygen atoms in total. The molecule has 1 heterocycles. The first kappa shape index (κ1) is 13.7. The van der Waals surface area contributed by atoms with Crippen molar-refractivity contribution in [1.82, 2.24) is 4.98 Å². The standard InChI is InChI=1S/C18H23N/c1-3-4-5-6-7-8-9-10-16-11-12-18-17(13-16)15(2)14-19-18/h4-7,11-14,19H,3,8-10H2,1-2H3/b5-4-,7-6-. The molecule has 0 unspecified atom stereocenters. The Labute approximate surface area is 116 Å². The van der Waals surface area contributed by atoms with Gasteiger partial charge < -0.3 is 4.98 Å². The molecule has 1 heteroatoms. The molecule has 0 fully saturated rings. The zero-order valence-electron chi connectivity index (χ0n) is 11.9. The highest BCUT2D eigenvalue weighted by molar-refractivity contribution is 5.83. The van der Waals surface area contributed by atoms with Crippen molar-refractivity contribution in [3.63, 3.8) is 0 Å². The largest absolute Gasteiger partial charge is 0.361 e. The lowest BCUT2D eigenvalue weighted by molar-refractivity contribution is 0.844. The third kappa shape index (κ3) is 3.85. The molecular weight excluding hydrogens is 230 g/mol. The first-order valence-electron chi connectivity index (χ1n) is 7.19. The average molecular weight is 253 g/mol. The molecule has 0 atom stereocenters. The lowest BCUT2D eigenvalue weighted by atomic mass is 10.0. The minimum Gasteiger partial charge on any atom is -0.361 e. The SMILES string of the molecule is CC/C=C\C=C/CCCc1ccc2[nH]cc(C)c2c1. The lowest BCUT2D eigenvalue weighted by Crippen LogP contribution is -1.84.